The van der Waals surface area contributed by atoms with Gasteiger partial charge in [0.25, 0.3) is 0 Å². The molecule has 1 rings (SSSR count). The van der Waals surface area contributed by atoms with Gasteiger partial charge >= 0.3 is 5.97 Å². The van der Waals surface area contributed by atoms with E-state index in [4.69, 9.17) is 5.11 Å². The van der Waals surface area contributed by atoms with Gasteiger partial charge in [0.15, 0.2) is 0 Å². The fourth-order valence-corrected chi connectivity index (χ4v) is 0.849. The Morgan fingerprint density at radius 2 is 2.46 bits per heavy atom. The Hall–Kier alpha value is -1.65. The lowest BCUT2D eigenvalue weighted by Gasteiger charge is -2.03. The van der Waals surface area contributed by atoms with Crippen LogP contribution >= 0.6 is 0 Å². The average Bonchev–Trinajstić information content (AvgIpc) is 2.15. The quantitative estimate of drug-likeness (QED) is 0.737. The second-order valence-corrected chi connectivity index (χ2v) is 2.35. The number of carboxylic acids is 1. The number of pyridine rings is 1. The van der Waals surface area contributed by atoms with Crippen LogP contribution in [0.4, 0.5) is 10.1 Å². The number of nitrogens with zero attached hydrogens (tertiary/aromatic N) is 1. The first-order valence-corrected chi connectivity index (χ1v) is 3.73. The maximum absolute atomic E-state index is 11.7. The van der Waals surface area contributed by atoms with Crippen LogP contribution in [0, 0.1) is 0 Å². The molecule has 1 aromatic heterocycles. The summed E-state index contributed by atoms with van der Waals surface area (Å²) in [6, 6.07) is 2.94. The van der Waals surface area contributed by atoms with E-state index < -0.39 is 12.6 Å². The molecule has 0 aliphatic carbocycles. The maximum Gasteiger partial charge on any atom is 0.354 e. The van der Waals surface area contributed by atoms with Gasteiger partial charge in [0.1, 0.15) is 12.4 Å². The molecule has 0 aromatic carbocycles. The fourth-order valence-electron chi connectivity index (χ4n) is 0.849. The van der Waals surface area contributed by atoms with Crippen LogP contribution in [0.3, 0.4) is 0 Å². The van der Waals surface area contributed by atoms with Gasteiger partial charge in [-0.05, 0) is 12.1 Å². The van der Waals surface area contributed by atoms with Crippen molar-refractivity contribution >= 4 is 11.7 Å². The molecule has 13 heavy (non-hydrogen) atoms. The molecule has 0 amide bonds. The molecule has 1 heterocycles. The molecule has 0 radical (unpaired) electrons. The SMILES string of the molecule is O=C(O)c1cc(NCCF)ccn1. The van der Waals surface area contributed by atoms with Crippen molar-refractivity contribution in [3.05, 3.63) is 24.0 Å². The summed E-state index contributed by atoms with van der Waals surface area (Å²) in [7, 11) is 0. The summed E-state index contributed by atoms with van der Waals surface area (Å²) in [5.41, 5.74) is 0.508. The van der Waals surface area contributed by atoms with Crippen molar-refractivity contribution in [2.45, 2.75) is 0 Å². The van der Waals surface area contributed by atoms with Crippen molar-refractivity contribution in [1.82, 2.24) is 4.98 Å². The molecule has 0 atom stereocenters. The van der Waals surface area contributed by atoms with Gasteiger partial charge < -0.3 is 10.4 Å². The van der Waals surface area contributed by atoms with Crippen molar-refractivity contribution in [1.29, 1.82) is 0 Å². The summed E-state index contributed by atoms with van der Waals surface area (Å²) >= 11 is 0. The number of carboxylic acid groups (broad SMARTS) is 1. The third-order valence-corrected chi connectivity index (χ3v) is 1.40. The number of nitrogens with one attached hydrogen (secondary N) is 1. The van der Waals surface area contributed by atoms with E-state index in [0.717, 1.165) is 0 Å². The molecule has 2 N–H and O–H groups in total. The molecular formula is C8H9FN2O2. The van der Waals surface area contributed by atoms with Crippen molar-refractivity contribution in [2.24, 2.45) is 0 Å². The predicted octanol–water partition coefficient (Wildman–Crippen LogP) is 1.16. The summed E-state index contributed by atoms with van der Waals surface area (Å²) in [5, 5.41) is 11.3. The number of aromatic carboxylic acids is 1. The van der Waals surface area contributed by atoms with Crippen molar-refractivity contribution < 1.29 is 14.3 Å². The molecule has 4 nitrogen and oxygen atoms in total. The lowest BCUT2D eigenvalue weighted by atomic mass is 10.3. The standard InChI is InChI=1S/C8H9FN2O2/c9-2-4-10-6-1-3-11-7(5-6)8(12)13/h1,3,5H,2,4H2,(H,10,11)(H,12,13). The minimum Gasteiger partial charge on any atom is -0.477 e. The van der Waals surface area contributed by atoms with Gasteiger partial charge in [-0.2, -0.15) is 0 Å². The van der Waals surface area contributed by atoms with Crippen LogP contribution in [0.15, 0.2) is 18.3 Å². The zero-order chi connectivity index (χ0) is 9.68. The summed E-state index contributed by atoms with van der Waals surface area (Å²) in [6.07, 6.45) is 1.37. The lowest BCUT2D eigenvalue weighted by Crippen LogP contribution is -2.05. The number of halogens is 1. The topological polar surface area (TPSA) is 62.2 Å². The van der Waals surface area contributed by atoms with Gasteiger partial charge in [-0.15, -0.1) is 0 Å². The maximum atomic E-state index is 11.7. The van der Waals surface area contributed by atoms with E-state index in [1.807, 2.05) is 0 Å². The Bertz CT molecular complexity index is 304. The molecular weight excluding hydrogens is 175 g/mol. The molecule has 70 valence electrons. The van der Waals surface area contributed by atoms with E-state index >= 15 is 0 Å². The first-order valence-electron chi connectivity index (χ1n) is 3.73. The number of carbonyl (C=O) groups is 1. The second kappa shape index (κ2) is 4.39. The zero-order valence-corrected chi connectivity index (χ0v) is 6.83. The highest BCUT2D eigenvalue weighted by molar-refractivity contribution is 5.86. The predicted molar refractivity (Wildman–Crippen MR) is 45.7 cm³/mol. The Labute approximate surface area is 74.4 Å². The summed E-state index contributed by atoms with van der Waals surface area (Å²) < 4.78 is 11.7. The molecule has 0 bridgehead atoms. The summed E-state index contributed by atoms with van der Waals surface area (Å²) in [6.45, 7) is -0.326. The minimum atomic E-state index is -1.09. The fraction of sp³-hybridized carbons (Fsp3) is 0.250. The monoisotopic (exact) mass is 184 g/mol. The Morgan fingerprint density at radius 1 is 1.69 bits per heavy atom. The van der Waals surface area contributed by atoms with E-state index in [2.05, 4.69) is 10.3 Å². The van der Waals surface area contributed by atoms with Gasteiger partial charge in [-0.3, -0.25) is 0 Å². The largest absolute Gasteiger partial charge is 0.477 e. The highest BCUT2D eigenvalue weighted by Crippen LogP contribution is 2.07. The van der Waals surface area contributed by atoms with E-state index in [9.17, 15) is 9.18 Å². The molecule has 0 fully saturated rings. The van der Waals surface area contributed by atoms with Crippen LogP contribution in [0.1, 0.15) is 10.5 Å². The highest BCUT2D eigenvalue weighted by atomic mass is 19.1. The Kier molecular flexibility index (Phi) is 3.19. The first-order chi connectivity index (χ1) is 6.24. The van der Waals surface area contributed by atoms with Crippen LogP contribution in [0.5, 0.6) is 0 Å². The van der Waals surface area contributed by atoms with Gasteiger partial charge in [-0.1, -0.05) is 0 Å². The Morgan fingerprint density at radius 3 is 3.08 bits per heavy atom. The molecule has 0 aliphatic heterocycles. The van der Waals surface area contributed by atoms with Crippen LogP contribution in [0.2, 0.25) is 0 Å². The minimum absolute atomic E-state index is 0.0520. The van der Waals surface area contributed by atoms with E-state index in [1.54, 1.807) is 6.07 Å². The number of hydrogen-bond acceptors (Lipinski definition) is 3. The van der Waals surface area contributed by atoms with Gasteiger partial charge in [0.2, 0.25) is 0 Å². The highest BCUT2D eigenvalue weighted by Gasteiger charge is 2.03. The molecule has 0 saturated heterocycles. The number of anilines is 1. The molecule has 0 unspecified atom stereocenters. The smallest absolute Gasteiger partial charge is 0.354 e. The Balaban J connectivity index is 2.73. The van der Waals surface area contributed by atoms with Crippen LogP contribution in [-0.4, -0.2) is 29.3 Å². The van der Waals surface area contributed by atoms with Crippen molar-refractivity contribution in [2.75, 3.05) is 18.5 Å². The van der Waals surface area contributed by atoms with Gasteiger partial charge in [0, 0.05) is 18.4 Å². The number of hydrogen-bond donors (Lipinski definition) is 2. The first kappa shape index (κ1) is 9.44. The summed E-state index contributed by atoms with van der Waals surface area (Å²) in [5.74, 6) is -1.09. The lowest BCUT2D eigenvalue weighted by molar-refractivity contribution is 0.0690. The van der Waals surface area contributed by atoms with E-state index in [0.29, 0.717) is 5.69 Å². The molecule has 5 heteroatoms. The van der Waals surface area contributed by atoms with E-state index in [1.165, 1.54) is 12.3 Å². The second-order valence-electron chi connectivity index (χ2n) is 2.35. The third-order valence-electron chi connectivity index (χ3n) is 1.40. The normalized spacial score (nSPS) is 9.62. The number of rotatable bonds is 4. The number of aromatic nitrogens is 1. The van der Waals surface area contributed by atoms with E-state index in [-0.39, 0.29) is 12.2 Å². The average molecular weight is 184 g/mol. The molecule has 1 aromatic rings. The van der Waals surface area contributed by atoms with Crippen molar-refractivity contribution in [3.8, 4) is 0 Å². The van der Waals surface area contributed by atoms with Crippen molar-refractivity contribution in [3.63, 3.8) is 0 Å². The molecule has 0 saturated carbocycles. The summed E-state index contributed by atoms with van der Waals surface area (Å²) in [4.78, 5) is 14.1. The van der Waals surface area contributed by atoms with Gasteiger partial charge in [0.05, 0.1) is 0 Å². The van der Waals surface area contributed by atoms with Crippen LogP contribution in [0.25, 0.3) is 0 Å². The number of alkyl halides is 1. The van der Waals surface area contributed by atoms with Crippen LogP contribution < -0.4 is 5.32 Å². The van der Waals surface area contributed by atoms with Crippen LogP contribution in [-0.2, 0) is 0 Å². The molecule has 0 spiro atoms. The molecule has 0 aliphatic rings. The third kappa shape index (κ3) is 2.70. The zero-order valence-electron chi connectivity index (χ0n) is 6.83. The van der Waals surface area contributed by atoms with Gasteiger partial charge in [-0.25, -0.2) is 14.2 Å².